The Morgan fingerprint density at radius 1 is 0.804 bits per heavy atom. The van der Waals surface area contributed by atoms with Crippen LogP contribution in [0.5, 0.6) is 0 Å². The minimum atomic E-state index is -0.898. The molecular weight excluding hydrogens is 697 g/mol. The van der Waals surface area contributed by atoms with E-state index < -0.39 is 22.8 Å². The van der Waals surface area contributed by atoms with Gasteiger partial charge < -0.3 is 20.8 Å². The van der Waals surface area contributed by atoms with E-state index in [4.69, 9.17) is 5.73 Å². The highest BCUT2D eigenvalue weighted by atomic mass is 16.4. The molecule has 3 aliphatic rings. The summed E-state index contributed by atoms with van der Waals surface area (Å²) in [6.45, 7) is 9.05. The molecule has 0 radical (unpaired) electrons. The van der Waals surface area contributed by atoms with Crippen LogP contribution >= 0.6 is 0 Å². The van der Waals surface area contributed by atoms with E-state index in [-0.39, 0.29) is 37.9 Å². The molecule has 8 rings (SSSR count). The second-order valence-electron chi connectivity index (χ2n) is 16.1. The third-order valence-corrected chi connectivity index (χ3v) is 12.2. The van der Waals surface area contributed by atoms with Crippen LogP contribution in [0.25, 0.3) is 32.7 Å². The van der Waals surface area contributed by atoms with Crippen molar-refractivity contribution in [1.82, 2.24) is 0 Å². The quantitative estimate of drug-likeness (QED) is 0.0594. The number of carbonyl (C=O) groups is 2. The predicted molar refractivity (Wildman–Crippen MR) is 222 cm³/mol. The fourth-order valence-corrected chi connectivity index (χ4v) is 10.2. The van der Waals surface area contributed by atoms with Crippen molar-refractivity contribution >= 4 is 44.9 Å². The SMILES string of the molecule is CC1(C)/C(=C(N)/C=C/C=C(\C#N)C2=[N+](CCC(=O)O)C3c4ccccc4-c4ccccc4C3C2(C)C)N(CCC(=O)O)c2c1c1ccccc1c1ccccc21. The lowest BCUT2D eigenvalue weighted by Gasteiger charge is -2.34. The van der Waals surface area contributed by atoms with E-state index in [1.807, 2.05) is 48.5 Å². The Bertz CT molecular complexity index is 2660. The second-order valence-corrected chi connectivity index (χ2v) is 16.1. The van der Waals surface area contributed by atoms with Gasteiger partial charge in [0.05, 0.1) is 34.8 Å². The Balaban J connectivity index is 1.28. The summed E-state index contributed by atoms with van der Waals surface area (Å²) in [6, 6.07) is 35.6. The number of benzene rings is 5. The average molecular weight is 742 g/mol. The summed E-state index contributed by atoms with van der Waals surface area (Å²) in [5.74, 6) is -1.83. The molecule has 2 aliphatic heterocycles. The lowest BCUT2D eigenvalue weighted by Crippen LogP contribution is -2.31. The maximum atomic E-state index is 12.0. The van der Waals surface area contributed by atoms with Gasteiger partial charge in [-0.3, -0.25) is 9.59 Å². The van der Waals surface area contributed by atoms with Gasteiger partial charge in [-0.1, -0.05) is 117 Å². The number of nitrogens with two attached hydrogens (primary N) is 1. The predicted octanol–water partition coefficient (Wildman–Crippen LogP) is 9.22. The molecule has 2 unspecified atom stereocenters. The molecule has 0 amide bonds. The van der Waals surface area contributed by atoms with Crippen LogP contribution in [0, 0.1) is 16.7 Å². The molecular formula is C48H45N4O4+. The number of rotatable bonds is 9. The van der Waals surface area contributed by atoms with Crippen molar-refractivity contribution < 1.29 is 24.4 Å². The number of allylic oxidation sites excluding steroid dienone is 5. The Morgan fingerprint density at radius 2 is 1.36 bits per heavy atom. The second kappa shape index (κ2) is 13.7. The minimum Gasteiger partial charge on any atom is -0.481 e. The van der Waals surface area contributed by atoms with Crippen molar-refractivity contribution in [2.75, 3.05) is 18.0 Å². The van der Waals surface area contributed by atoms with E-state index in [1.165, 1.54) is 5.56 Å². The molecule has 0 saturated heterocycles. The summed E-state index contributed by atoms with van der Waals surface area (Å²) in [5, 5.41) is 34.9. The molecule has 8 heteroatoms. The summed E-state index contributed by atoms with van der Waals surface area (Å²) in [4.78, 5) is 26.1. The monoisotopic (exact) mass is 741 g/mol. The molecule has 8 nitrogen and oxygen atoms in total. The van der Waals surface area contributed by atoms with Gasteiger partial charge in [-0.2, -0.15) is 5.26 Å². The third kappa shape index (κ3) is 5.61. The van der Waals surface area contributed by atoms with Crippen LogP contribution in [-0.4, -0.2) is 45.5 Å². The van der Waals surface area contributed by atoms with Gasteiger partial charge in [-0.15, -0.1) is 0 Å². The van der Waals surface area contributed by atoms with Crippen LogP contribution in [0.1, 0.15) is 69.2 Å². The first-order valence-electron chi connectivity index (χ1n) is 19.1. The summed E-state index contributed by atoms with van der Waals surface area (Å²) < 4.78 is 2.15. The van der Waals surface area contributed by atoms with Crippen molar-refractivity contribution in [3.8, 4) is 17.2 Å². The van der Waals surface area contributed by atoms with Gasteiger partial charge in [0, 0.05) is 22.9 Å². The van der Waals surface area contributed by atoms with Crippen molar-refractivity contribution in [2.24, 2.45) is 11.1 Å². The summed E-state index contributed by atoms with van der Waals surface area (Å²) in [5.41, 5.74) is 15.1. The number of hydrogen-bond donors (Lipinski definition) is 3. The third-order valence-electron chi connectivity index (χ3n) is 12.2. The topological polar surface area (TPSA) is 131 Å². The number of hydrogen-bond acceptors (Lipinski definition) is 5. The fraction of sp³-hybridized carbons (Fsp3) is 0.250. The van der Waals surface area contributed by atoms with E-state index in [0.29, 0.717) is 11.3 Å². The Morgan fingerprint density at radius 3 is 2.00 bits per heavy atom. The number of anilines is 1. The van der Waals surface area contributed by atoms with Crippen LogP contribution in [0.4, 0.5) is 5.69 Å². The lowest BCUT2D eigenvalue weighted by molar-refractivity contribution is -0.566. The van der Waals surface area contributed by atoms with Gasteiger partial charge in [-0.25, -0.2) is 4.58 Å². The molecule has 0 saturated carbocycles. The van der Waals surface area contributed by atoms with Gasteiger partial charge >= 0.3 is 11.9 Å². The minimum absolute atomic E-state index is 0.0319. The standard InChI is InChI=1S/C48H44N4O4/c1-47(2)41-34-19-9-5-15-30(34)32-17-7-11-21-36(32)43(41)51(26-24-39(53)54)45(47)29(28-49)14-13-23-38(50)46-48(3,4)42-35-20-10-6-16-31(35)33-18-8-12-22-37(33)44(42)52(46)27-25-40(55)56/h5-23,41,43H,24-27,50H2,1-4H3,(H-,53,54,55,56)/p+1. The Hall–Kier alpha value is -6.46. The molecule has 56 heavy (non-hydrogen) atoms. The van der Waals surface area contributed by atoms with Crippen LogP contribution in [0.3, 0.4) is 0 Å². The molecule has 5 aromatic carbocycles. The zero-order valence-corrected chi connectivity index (χ0v) is 32.1. The number of nitriles is 1. The maximum Gasteiger partial charge on any atom is 0.309 e. The number of aliphatic carboxylic acids is 2. The number of fused-ring (bicyclic) bond motifs is 12. The van der Waals surface area contributed by atoms with Crippen molar-refractivity contribution in [3.05, 3.63) is 149 Å². The molecule has 0 spiro atoms. The molecule has 0 aromatic heterocycles. The normalized spacial score (nSPS) is 20.1. The Labute approximate surface area is 326 Å². The highest BCUT2D eigenvalue weighted by Crippen LogP contribution is 2.59. The fourth-order valence-electron chi connectivity index (χ4n) is 10.2. The van der Waals surface area contributed by atoms with Crippen LogP contribution in [0.2, 0.25) is 0 Å². The van der Waals surface area contributed by atoms with Crippen molar-refractivity contribution in [1.29, 1.82) is 5.26 Å². The van der Waals surface area contributed by atoms with Crippen molar-refractivity contribution in [3.63, 3.8) is 0 Å². The zero-order chi connectivity index (χ0) is 39.5. The lowest BCUT2D eigenvalue weighted by atomic mass is 9.64. The molecule has 0 fully saturated rings. The van der Waals surface area contributed by atoms with Crippen LogP contribution in [-0.2, 0) is 15.0 Å². The molecule has 5 aromatic rings. The van der Waals surface area contributed by atoms with E-state index in [9.17, 15) is 25.1 Å². The van der Waals surface area contributed by atoms with E-state index in [1.54, 1.807) is 18.2 Å². The maximum absolute atomic E-state index is 12.0. The first kappa shape index (κ1) is 36.5. The zero-order valence-electron chi connectivity index (χ0n) is 32.1. The highest BCUT2D eigenvalue weighted by Gasteiger charge is 2.59. The number of carboxylic acids is 2. The number of nitrogens with zero attached hydrogens (tertiary/aromatic N) is 3. The van der Waals surface area contributed by atoms with Gasteiger partial charge in [0.2, 0.25) is 5.71 Å². The van der Waals surface area contributed by atoms with Crippen LogP contribution < -0.4 is 10.6 Å². The summed E-state index contributed by atoms with van der Waals surface area (Å²) in [6.07, 6.45) is 5.23. The molecule has 2 heterocycles. The summed E-state index contributed by atoms with van der Waals surface area (Å²) >= 11 is 0. The molecule has 280 valence electrons. The highest BCUT2D eigenvalue weighted by molar-refractivity contribution is 6.17. The molecule has 1 aliphatic carbocycles. The van der Waals surface area contributed by atoms with Crippen molar-refractivity contribution in [2.45, 2.75) is 57.9 Å². The van der Waals surface area contributed by atoms with Gasteiger partial charge in [0.15, 0.2) is 12.6 Å². The van der Waals surface area contributed by atoms with E-state index >= 15 is 0 Å². The van der Waals surface area contributed by atoms with Gasteiger partial charge in [0.25, 0.3) is 0 Å². The van der Waals surface area contributed by atoms with Crippen LogP contribution in [0.15, 0.2) is 132 Å². The first-order valence-corrected chi connectivity index (χ1v) is 19.1. The molecule has 2 atom stereocenters. The van der Waals surface area contributed by atoms with E-state index in [2.05, 4.69) is 91.8 Å². The average Bonchev–Trinajstić information content (AvgIpc) is 3.57. The van der Waals surface area contributed by atoms with E-state index in [0.717, 1.165) is 60.9 Å². The molecule has 4 N–H and O–H groups in total. The molecule has 0 bridgehead atoms. The summed E-state index contributed by atoms with van der Waals surface area (Å²) in [7, 11) is 0. The smallest absolute Gasteiger partial charge is 0.309 e. The first-order chi connectivity index (χ1) is 26.9. The van der Waals surface area contributed by atoms with Gasteiger partial charge in [-0.05, 0) is 64.4 Å². The Kier molecular flexibility index (Phi) is 8.92. The van der Waals surface area contributed by atoms with Gasteiger partial charge in [0.1, 0.15) is 18.1 Å². The largest absolute Gasteiger partial charge is 0.481 e. The number of carboxylic acid groups (broad SMARTS) is 2.